The lowest BCUT2D eigenvalue weighted by atomic mass is 10.2. The molecule has 0 aliphatic rings. The minimum atomic E-state index is -4.50. The molecule has 0 fully saturated rings. The molecule has 2 amide bonds. The van der Waals surface area contributed by atoms with Crippen molar-refractivity contribution in [3.63, 3.8) is 0 Å². The molecule has 7 nitrogen and oxygen atoms in total. The first-order valence-electron chi connectivity index (χ1n) is 9.14. The number of alkyl halides is 3. The maximum atomic E-state index is 12.8. The number of thiazole rings is 1. The number of hydrogen-bond donors (Lipinski definition) is 2. The number of ether oxygens (including phenoxy) is 2. The fraction of sp³-hybridized carbons (Fsp3) is 0.190. The Morgan fingerprint density at radius 2 is 1.72 bits per heavy atom. The standard InChI is InChI=1S/C21H18F3N3O4S/c1-30-16-6-12(7-17(10-16)31-2)19(29)27-20-26-15(11-32-20)9-18(28)25-14-5-3-4-13(8-14)21(22,23)24/h3-8,10-11H,9H2,1-2H3,(H,25,28)(H,26,27,29). The van der Waals surface area contributed by atoms with Gasteiger partial charge in [0, 0.05) is 22.7 Å². The van der Waals surface area contributed by atoms with Crippen LogP contribution in [0.5, 0.6) is 11.5 Å². The third-order valence-electron chi connectivity index (χ3n) is 4.20. The third-order valence-corrected chi connectivity index (χ3v) is 5.01. The summed E-state index contributed by atoms with van der Waals surface area (Å²) in [5.74, 6) is -0.0947. The smallest absolute Gasteiger partial charge is 0.416 e. The van der Waals surface area contributed by atoms with Crippen LogP contribution in [0.3, 0.4) is 0 Å². The Balaban J connectivity index is 1.62. The molecule has 168 valence electrons. The minimum absolute atomic E-state index is 0.0283. The average molecular weight is 465 g/mol. The van der Waals surface area contributed by atoms with Crippen LogP contribution >= 0.6 is 11.3 Å². The first kappa shape index (κ1) is 23.1. The summed E-state index contributed by atoms with van der Waals surface area (Å²) in [4.78, 5) is 28.9. The van der Waals surface area contributed by atoms with E-state index < -0.39 is 23.6 Å². The lowest BCUT2D eigenvalue weighted by Crippen LogP contribution is -2.16. The monoisotopic (exact) mass is 465 g/mol. The van der Waals surface area contributed by atoms with Gasteiger partial charge in [-0.1, -0.05) is 6.07 Å². The zero-order valence-corrected chi connectivity index (χ0v) is 17.8. The lowest BCUT2D eigenvalue weighted by Gasteiger charge is -2.09. The van der Waals surface area contributed by atoms with Crippen molar-refractivity contribution in [3.8, 4) is 11.5 Å². The topological polar surface area (TPSA) is 89.6 Å². The molecule has 2 N–H and O–H groups in total. The highest BCUT2D eigenvalue weighted by Gasteiger charge is 2.30. The average Bonchev–Trinajstić information content (AvgIpc) is 3.19. The number of methoxy groups -OCH3 is 2. The minimum Gasteiger partial charge on any atom is -0.497 e. The highest BCUT2D eigenvalue weighted by Crippen LogP contribution is 2.30. The van der Waals surface area contributed by atoms with Crippen molar-refractivity contribution >= 4 is 34.0 Å². The van der Waals surface area contributed by atoms with Crippen molar-refractivity contribution < 1.29 is 32.2 Å². The Kier molecular flexibility index (Phi) is 6.98. The molecule has 3 aromatic rings. The van der Waals surface area contributed by atoms with E-state index in [1.54, 1.807) is 11.4 Å². The molecule has 1 heterocycles. The van der Waals surface area contributed by atoms with Crippen molar-refractivity contribution in [3.05, 3.63) is 64.7 Å². The predicted octanol–water partition coefficient (Wildman–Crippen LogP) is 4.61. The highest BCUT2D eigenvalue weighted by molar-refractivity contribution is 7.14. The fourth-order valence-electron chi connectivity index (χ4n) is 2.70. The number of nitrogens with zero attached hydrogens (tertiary/aromatic N) is 1. The number of hydrogen-bond acceptors (Lipinski definition) is 6. The maximum absolute atomic E-state index is 12.8. The van der Waals surface area contributed by atoms with E-state index in [-0.39, 0.29) is 17.2 Å². The van der Waals surface area contributed by atoms with E-state index >= 15 is 0 Å². The van der Waals surface area contributed by atoms with E-state index in [9.17, 15) is 22.8 Å². The molecule has 0 saturated heterocycles. The van der Waals surface area contributed by atoms with Crippen LogP contribution in [0.1, 0.15) is 21.6 Å². The number of benzene rings is 2. The normalized spacial score (nSPS) is 11.0. The van der Waals surface area contributed by atoms with Gasteiger partial charge in [0.25, 0.3) is 5.91 Å². The molecule has 11 heteroatoms. The van der Waals surface area contributed by atoms with Crippen LogP contribution in [0, 0.1) is 0 Å². The summed E-state index contributed by atoms with van der Waals surface area (Å²) < 4.78 is 48.7. The van der Waals surface area contributed by atoms with Gasteiger partial charge in [-0.25, -0.2) is 4.98 Å². The van der Waals surface area contributed by atoms with Gasteiger partial charge in [0.05, 0.1) is 31.9 Å². The van der Waals surface area contributed by atoms with Crippen LogP contribution in [0.15, 0.2) is 47.8 Å². The quantitative estimate of drug-likeness (QED) is 0.532. The molecule has 0 aliphatic heterocycles. The number of aromatic nitrogens is 1. The van der Waals surface area contributed by atoms with Gasteiger partial charge < -0.3 is 14.8 Å². The number of amides is 2. The number of halogens is 3. The number of anilines is 2. The molecule has 0 aliphatic carbocycles. The van der Waals surface area contributed by atoms with Crippen LogP contribution in [-0.4, -0.2) is 31.0 Å². The second kappa shape index (κ2) is 9.69. The molecule has 0 radical (unpaired) electrons. The van der Waals surface area contributed by atoms with Gasteiger partial charge in [-0.15, -0.1) is 11.3 Å². The molecule has 0 bridgehead atoms. The highest BCUT2D eigenvalue weighted by atomic mass is 32.1. The van der Waals surface area contributed by atoms with Crippen molar-refractivity contribution in [1.29, 1.82) is 0 Å². The Morgan fingerprint density at radius 3 is 2.34 bits per heavy atom. The molecule has 0 atom stereocenters. The molecule has 0 spiro atoms. The lowest BCUT2D eigenvalue weighted by molar-refractivity contribution is -0.137. The van der Waals surface area contributed by atoms with Crippen LogP contribution in [0.4, 0.5) is 24.0 Å². The summed E-state index contributed by atoms with van der Waals surface area (Å²) in [6, 6.07) is 9.05. The predicted molar refractivity (Wildman–Crippen MR) is 113 cm³/mol. The van der Waals surface area contributed by atoms with Gasteiger partial charge >= 0.3 is 6.18 Å². The van der Waals surface area contributed by atoms with Crippen LogP contribution in [0.25, 0.3) is 0 Å². The van der Waals surface area contributed by atoms with Crippen molar-refractivity contribution in [1.82, 2.24) is 4.98 Å². The van der Waals surface area contributed by atoms with Gasteiger partial charge in [0.2, 0.25) is 5.91 Å². The van der Waals surface area contributed by atoms with E-state index in [1.807, 2.05) is 0 Å². The van der Waals surface area contributed by atoms with E-state index in [0.717, 1.165) is 23.5 Å². The second-order valence-corrected chi connectivity index (χ2v) is 7.36. The Hall–Kier alpha value is -3.60. The van der Waals surface area contributed by atoms with Crippen LogP contribution in [0.2, 0.25) is 0 Å². The molecule has 2 aromatic carbocycles. The number of carbonyl (C=O) groups excluding carboxylic acids is 2. The van der Waals surface area contributed by atoms with E-state index in [1.165, 1.54) is 38.5 Å². The molecule has 0 saturated carbocycles. The van der Waals surface area contributed by atoms with Crippen molar-refractivity contribution in [2.45, 2.75) is 12.6 Å². The largest absolute Gasteiger partial charge is 0.497 e. The Bertz CT molecular complexity index is 1110. The SMILES string of the molecule is COc1cc(OC)cc(C(=O)Nc2nc(CC(=O)Nc3cccc(C(F)(F)F)c3)cs2)c1. The summed E-state index contributed by atoms with van der Waals surface area (Å²) in [5.41, 5.74) is -0.179. The fourth-order valence-corrected chi connectivity index (χ4v) is 3.40. The zero-order valence-electron chi connectivity index (χ0n) is 16.9. The summed E-state index contributed by atoms with van der Waals surface area (Å²) >= 11 is 1.11. The molecular weight excluding hydrogens is 447 g/mol. The number of rotatable bonds is 7. The number of nitrogens with one attached hydrogen (secondary N) is 2. The van der Waals surface area contributed by atoms with Gasteiger partial charge in [-0.2, -0.15) is 13.2 Å². The van der Waals surface area contributed by atoms with E-state index in [0.29, 0.717) is 22.8 Å². The summed E-state index contributed by atoms with van der Waals surface area (Å²) in [7, 11) is 2.93. The first-order valence-corrected chi connectivity index (χ1v) is 10.0. The maximum Gasteiger partial charge on any atom is 0.416 e. The third kappa shape index (κ3) is 5.97. The molecule has 0 unspecified atom stereocenters. The second-order valence-electron chi connectivity index (χ2n) is 6.50. The Morgan fingerprint density at radius 1 is 1.03 bits per heavy atom. The number of carbonyl (C=O) groups is 2. The summed E-state index contributed by atoms with van der Waals surface area (Å²) in [5, 5.41) is 6.88. The summed E-state index contributed by atoms with van der Waals surface area (Å²) in [6.07, 6.45) is -4.68. The Labute approximate surface area is 185 Å². The van der Waals surface area contributed by atoms with Gasteiger partial charge in [-0.3, -0.25) is 14.9 Å². The summed E-state index contributed by atoms with van der Waals surface area (Å²) in [6.45, 7) is 0. The zero-order chi connectivity index (χ0) is 23.3. The molecule has 1 aromatic heterocycles. The molecule has 32 heavy (non-hydrogen) atoms. The molecular formula is C21H18F3N3O4S. The van der Waals surface area contributed by atoms with Crippen molar-refractivity contribution in [2.24, 2.45) is 0 Å². The van der Waals surface area contributed by atoms with Crippen LogP contribution < -0.4 is 20.1 Å². The first-order chi connectivity index (χ1) is 15.2. The van der Waals surface area contributed by atoms with Gasteiger partial charge in [-0.05, 0) is 30.3 Å². The molecule has 3 rings (SSSR count). The van der Waals surface area contributed by atoms with Gasteiger partial charge in [0.1, 0.15) is 11.5 Å². The van der Waals surface area contributed by atoms with E-state index in [2.05, 4.69) is 15.6 Å². The van der Waals surface area contributed by atoms with Crippen LogP contribution in [-0.2, 0) is 17.4 Å². The van der Waals surface area contributed by atoms with E-state index in [4.69, 9.17) is 9.47 Å². The van der Waals surface area contributed by atoms with Gasteiger partial charge in [0.15, 0.2) is 5.13 Å². The van der Waals surface area contributed by atoms with Crippen molar-refractivity contribution in [2.75, 3.05) is 24.9 Å².